The first-order valence-corrected chi connectivity index (χ1v) is 22.0. The van der Waals surface area contributed by atoms with Crippen LogP contribution in [0.25, 0.3) is 0 Å². The summed E-state index contributed by atoms with van der Waals surface area (Å²) in [5.74, 6) is -4.48. The highest BCUT2D eigenvalue weighted by Crippen LogP contribution is 2.16. The molecule has 4 aromatic rings. The molecule has 5 atom stereocenters. The highest BCUT2D eigenvalue weighted by molar-refractivity contribution is 6.09. The van der Waals surface area contributed by atoms with E-state index in [-0.39, 0.29) is 49.7 Å². The smallest absolute Gasteiger partial charge is 0.408 e. The number of aliphatic carboxylic acids is 1. The lowest BCUT2D eigenvalue weighted by molar-refractivity contribution is -0.142. The predicted molar refractivity (Wildman–Crippen MR) is 248 cm³/mol. The number of benzene rings is 4. The predicted octanol–water partition coefficient (Wildman–Crippen LogP) is 5.95. The first-order chi connectivity index (χ1) is 30.8. The number of nitrogens with one attached hydrogen (secondary N) is 5. The molecule has 0 aromatic heterocycles. The van der Waals surface area contributed by atoms with E-state index < -0.39 is 71.5 Å². The van der Waals surface area contributed by atoms with Crippen molar-refractivity contribution in [2.45, 2.75) is 116 Å². The van der Waals surface area contributed by atoms with E-state index >= 15 is 0 Å². The Bertz CT molecular complexity index is 2210. The average Bonchev–Trinajstić information content (AvgIpc) is 3.25. The summed E-state index contributed by atoms with van der Waals surface area (Å²) in [4.78, 5) is 95.2. The zero-order valence-electron chi connectivity index (χ0n) is 38.3. The summed E-state index contributed by atoms with van der Waals surface area (Å²) in [6, 6.07) is 27.1. The molecule has 0 spiro atoms. The second-order valence-electron chi connectivity index (χ2n) is 18.0. The van der Waals surface area contributed by atoms with Crippen LogP contribution < -0.4 is 26.6 Å². The number of carbonyl (C=O) groups excluding carboxylic acids is 6. The van der Waals surface area contributed by atoms with E-state index in [1.807, 2.05) is 39.8 Å². The lowest BCUT2D eigenvalue weighted by Gasteiger charge is -2.28. The van der Waals surface area contributed by atoms with Gasteiger partial charge in [0.25, 0.3) is 0 Å². The molecule has 4 rings (SSSR count). The lowest BCUT2D eigenvalue weighted by atomic mass is 9.97. The fraction of sp³-hybridized carbons (Fsp3) is 0.392. The van der Waals surface area contributed by atoms with E-state index in [4.69, 9.17) is 4.74 Å². The Balaban J connectivity index is 1.64. The Kier molecular flexibility index (Phi) is 19.0. The van der Waals surface area contributed by atoms with Crippen molar-refractivity contribution in [2.24, 2.45) is 11.8 Å². The standard InChI is InChI=1S/C51H63N5O9/c1-32(2)27-39(53-48(61)42(29-34-17-11-8-12-18-34)56-50(64)65-51(5,6)7)45(58)54-41(30-36-23-25-38(26-24-36)44(57)37-21-15-10-16-22-37)47(60)52-40(28-33(3)4)46(59)55-43(49(62)63)31-35-19-13-9-14-20-35/h8-26,32-33,39-43H,27-31H2,1-7H3,(H,52,60)(H,53,61)(H,54,58)(H,55,59)(H,56,64)(H,62,63)/t39-,40-,41+,42+,43+/m1/s1. The fourth-order valence-corrected chi connectivity index (χ4v) is 7.05. The number of alkyl carbamates (subject to hydrolysis) is 1. The topological polar surface area (TPSA) is 209 Å². The molecule has 4 aromatic carbocycles. The SMILES string of the molecule is CC(C)C[C@@H](NC(=O)[C@H](Cc1ccc(C(=O)c2ccccc2)cc1)NC(=O)[C@@H](CC(C)C)NC(=O)[C@H](Cc1ccccc1)NC(=O)OC(C)(C)C)C(=O)N[C@@H](Cc1ccccc1)C(=O)O. The van der Waals surface area contributed by atoms with Gasteiger partial charge in [0, 0.05) is 30.4 Å². The van der Waals surface area contributed by atoms with Crippen molar-refractivity contribution in [1.82, 2.24) is 26.6 Å². The van der Waals surface area contributed by atoms with E-state index in [2.05, 4.69) is 26.6 Å². The van der Waals surface area contributed by atoms with Crippen LogP contribution in [0.4, 0.5) is 4.79 Å². The van der Waals surface area contributed by atoms with E-state index in [9.17, 15) is 38.7 Å². The first-order valence-electron chi connectivity index (χ1n) is 22.0. The lowest BCUT2D eigenvalue weighted by Crippen LogP contribution is -2.60. The van der Waals surface area contributed by atoms with Gasteiger partial charge in [0.05, 0.1) is 0 Å². The number of ether oxygens (including phenoxy) is 1. The van der Waals surface area contributed by atoms with Crippen molar-refractivity contribution in [2.75, 3.05) is 0 Å². The Morgan fingerprint density at radius 2 is 0.800 bits per heavy atom. The van der Waals surface area contributed by atoms with Crippen molar-refractivity contribution >= 4 is 41.5 Å². The van der Waals surface area contributed by atoms with Gasteiger partial charge in [-0.2, -0.15) is 0 Å². The number of rotatable bonds is 22. The molecular formula is C51H63N5O9. The van der Waals surface area contributed by atoms with Gasteiger partial charge in [-0.05, 0) is 62.1 Å². The Morgan fingerprint density at radius 1 is 0.462 bits per heavy atom. The average molecular weight is 890 g/mol. The third-order valence-corrected chi connectivity index (χ3v) is 10.2. The molecule has 14 nitrogen and oxygen atoms in total. The van der Waals surface area contributed by atoms with Crippen molar-refractivity contribution in [1.29, 1.82) is 0 Å². The molecule has 0 aliphatic carbocycles. The van der Waals surface area contributed by atoms with E-state index in [0.717, 1.165) is 5.56 Å². The van der Waals surface area contributed by atoms with Crippen molar-refractivity contribution in [3.8, 4) is 0 Å². The normalized spacial score (nSPS) is 13.6. The van der Waals surface area contributed by atoms with Crippen LogP contribution in [0.15, 0.2) is 115 Å². The molecule has 0 radical (unpaired) electrons. The summed E-state index contributed by atoms with van der Waals surface area (Å²) in [7, 11) is 0. The highest BCUT2D eigenvalue weighted by Gasteiger charge is 2.34. The van der Waals surface area contributed by atoms with E-state index in [0.29, 0.717) is 22.3 Å². The molecule has 0 unspecified atom stereocenters. The number of hydrogen-bond donors (Lipinski definition) is 6. The zero-order valence-corrected chi connectivity index (χ0v) is 38.3. The summed E-state index contributed by atoms with van der Waals surface area (Å²) in [6.45, 7) is 12.5. The number of ketones is 1. The van der Waals surface area contributed by atoms with Gasteiger partial charge < -0.3 is 36.4 Å². The quantitative estimate of drug-likeness (QED) is 0.0515. The Hall–Kier alpha value is -6.83. The molecule has 346 valence electrons. The van der Waals surface area contributed by atoms with E-state index in [1.165, 1.54) is 0 Å². The molecule has 0 saturated heterocycles. The maximum atomic E-state index is 14.4. The number of carbonyl (C=O) groups is 7. The third-order valence-electron chi connectivity index (χ3n) is 10.2. The third kappa shape index (κ3) is 17.3. The molecule has 0 aliphatic rings. The molecule has 0 aliphatic heterocycles. The maximum absolute atomic E-state index is 14.4. The number of hydrogen-bond acceptors (Lipinski definition) is 8. The van der Waals surface area contributed by atoms with Crippen LogP contribution in [0.5, 0.6) is 0 Å². The van der Waals surface area contributed by atoms with Crippen molar-refractivity contribution < 1.29 is 43.4 Å². The minimum absolute atomic E-state index is 0.00811. The summed E-state index contributed by atoms with van der Waals surface area (Å²) < 4.78 is 5.45. The number of carboxylic acids is 1. The largest absolute Gasteiger partial charge is 0.480 e. The second kappa shape index (κ2) is 24.3. The van der Waals surface area contributed by atoms with Gasteiger partial charge in [-0.1, -0.05) is 143 Å². The molecule has 0 fully saturated rings. The van der Waals surface area contributed by atoms with Crippen LogP contribution in [0, 0.1) is 11.8 Å². The van der Waals surface area contributed by atoms with Gasteiger partial charge in [-0.25, -0.2) is 9.59 Å². The van der Waals surface area contributed by atoms with Crippen molar-refractivity contribution in [3.63, 3.8) is 0 Å². The minimum atomic E-state index is -1.31. The molecule has 5 amide bonds. The zero-order chi connectivity index (χ0) is 47.7. The van der Waals surface area contributed by atoms with Gasteiger partial charge in [0.2, 0.25) is 23.6 Å². The summed E-state index contributed by atoms with van der Waals surface area (Å²) >= 11 is 0. The van der Waals surface area contributed by atoms with Crippen molar-refractivity contribution in [3.05, 3.63) is 143 Å². The van der Waals surface area contributed by atoms with Gasteiger partial charge >= 0.3 is 12.1 Å². The fourth-order valence-electron chi connectivity index (χ4n) is 7.05. The molecule has 6 N–H and O–H groups in total. The maximum Gasteiger partial charge on any atom is 0.408 e. The molecule has 14 heteroatoms. The van der Waals surface area contributed by atoms with Crippen LogP contribution in [0.2, 0.25) is 0 Å². The summed E-state index contributed by atoms with van der Waals surface area (Å²) in [6.07, 6.45) is -0.508. The highest BCUT2D eigenvalue weighted by atomic mass is 16.6. The molecule has 0 saturated carbocycles. The van der Waals surface area contributed by atoms with Crippen LogP contribution >= 0.6 is 0 Å². The second-order valence-corrected chi connectivity index (χ2v) is 18.0. The van der Waals surface area contributed by atoms with Crippen LogP contribution in [-0.2, 0) is 48.0 Å². The van der Waals surface area contributed by atoms with Crippen LogP contribution in [0.1, 0.15) is 93.9 Å². The Labute approximate surface area is 381 Å². The molecule has 65 heavy (non-hydrogen) atoms. The van der Waals surface area contributed by atoms with Gasteiger partial charge in [-0.15, -0.1) is 0 Å². The number of amides is 5. The van der Waals surface area contributed by atoms with Gasteiger partial charge in [-0.3, -0.25) is 24.0 Å². The first kappa shape index (κ1) is 50.8. The van der Waals surface area contributed by atoms with Gasteiger partial charge in [0.15, 0.2) is 5.78 Å². The van der Waals surface area contributed by atoms with Gasteiger partial charge in [0.1, 0.15) is 35.8 Å². The Morgan fingerprint density at radius 3 is 1.22 bits per heavy atom. The van der Waals surface area contributed by atoms with Crippen LogP contribution in [-0.4, -0.2) is 82.4 Å². The summed E-state index contributed by atoms with van der Waals surface area (Å²) in [5.41, 5.74) is 2.07. The summed E-state index contributed by atoms with van der Waals surface area (Å²) in [5, 5.41) is 23.7. The molecular weight excluding hydrogens is 827 g/mol. The molecule has 0 bridgehead atoms. The van der Waals surface area contributed by atoms with Crippen LogP contribution in [0.3, 0.4) is 0 Å². The number of carboxylic acid groups (broad SMARTS) is 1. The minimum Gasteiger partial charge on any atom is -0.480 e. The molecule has 0 heterocycles. The van der Waals surface area contributed by atoms with E-state index in [1.54, 1.807) is 124 Å². The monoisotopic (exact) mass is 889 g/mol.